The van der Waals surface area contributed by atoms with Crippen LogP contribution >= 0.6 is 15.9 Å². The van der Waals surface area contributed by atoms with Crippen LogP contribution in [-0.4, -0.2) is 20.0 Å². The Morgan fingerprint density at radius 3 is 2.28 bits per heavy atom. The smallest absolute Gasteiger partial charge is 0.230 e. The summed E-state index contributed by atoms with van der Waals surface area (Å²) in [5.41, 5.74) is 7.46. The standard InChI is InChI=1S/C19H16BrNO4/c1-23-17-9-13(14(21)10-18(17)24-2)19(22)16-8-7-15(25-16)11-3-5-12(20)6-4-11/h3-10H,21H2,1-2H3. The van der Waals surface area contributed by atoms with Gasteiger partial charge in [-0.3, -0.25) is 4.79 Å². The van der Waals surface area contributed by atoms with Gasteiger partial charge in [0.1, 0.15) is 5.76 Å². The van der Waals surface area contributed by atoms with Crippen molar-refractivity contribution in [1.29, 1.82) is 0 Å². The van der Waals surface area contributed by atoms with Gasteiger partial charge in [0.05, 0.1) is 19.8 Å². The zero-order valence-electron chi connectivity index (χ0n) is 13.7. The van der Waals surface area contributed by atoms with E-state index in [1.165, 1.54) is 14.2 Å². The molecular formula is C19H16BrNO4. The van der Waals surface area contributed by atoms with Gasteiger partial charge in [0.25, 0.3) is 0 Å². The van der Waals surface area contributed by atoms with Crippen LogP contribution in [0.1, 0.15) is 16.1 Å². The second-order valence-corrected chi connectivity index (χ2v) is 6.21. The van der Waals surface area contributed by atoms with E-state index in [1.54, 1.807) is 24.3 Å². The van der Waals surface area contributed by atoms with Crippen LogP contribution in [0.5, 0.6) is 11.5 Å². The van der Waals surface area contributed by atoms with Gasteiger partial charge in [-0.05, 0) is 30.3 Å². The topological polar surface area (TPSA) is 74.7 Å². The fourth-order valence-corrected chi connectivity index (χ4v) is 2.72. The lowest BCUT2D eigenvalue weighted by Gasteiger charge is -2.11. The quantitative estimate of drug-likeness (QED) is 0.501. The first kappa shape index (κ1) is 17.1. The second-order valence-electron chi connectivity index (χ2n) is 5.29. The molecule has 0 bridgehead atoms. The summed E-state index contributed by atoms with van der Waals surface area (Å²) >= 11 is 3.39. The van der Waals surface area contributed by atoms with Crippen molar-refractivity contribution in [3.8, 4) is 22.8 Å². The van der Waals surface area contributed by atoms with Crippen LogP contribution < -0.4 is 15.2 Å². The van der Waals surface area contributed by atoms with Crippen LogP contribution in [0.2, 0.25) is 0 Å². The lowest BCUT2D eigenvalue weighted by Crippen LogP contribution is -2.06. The predicted octanol–water partition coefficient (Wildman–Crippen LogP) is 4.54. The van der Waals surface area contributed by atoms with E-state index in [4.69, 9.17) is 19.6 Å². The molecule has 0 amide bonds. The highest BCUT2D eigenvalue weighted by Gasteiger charge is 2.20. The van der Waals surface area contributed by atoms with E-state index < -0.39 is 0 Å². The maximum atomic E-state index is 12.8. The predicted molar refractivity (Wildman–Crippen MR) is 99.2 cm³/mol. The molecule has 0 spiro atoms. The highest BCUT2D eigenvalue weighted by Crippen LogP contribution is 2.33. The molecule has 0 saturated carbocycles. The van der Waals surface area contributed by atoms with E-state index in [0.29, 0.717) is 28.5 Å². The number of rotatable bonds is 5. The Kier molecular flexibility index (Phi) is 4.81. The SMILES string of the molecule is COc1cc(N)c(C(=O)c2ccc(-c3ccc(Br)cc3)o2)cc1OC. The second kappa shape index (κ2) is 7.03. The fraction of sp³-hybridized carbons (Fsp3) is 0.105. The molecule has 3 rings (SSSR count). The number of furan rings is 1. The van der Waals surface area contributed by atoms with Gasteiger partial charge in [-0.1, -0.05) is 28.1 Å². The number of anilines is 1. The van der Waals surface area contributed by atoms with E-state index in [0.717, 1.165) is 10.0 Å². The normalized spacial score (nSPS) is 10.5. The molecule has 5 nitrogen and oxygen atoms in total. The largest absolute Gasteiger partial charge is 0.493 e. The average Bonchev–Trinajstić information content (AvgIpc) is 3.11. The van der Waals surface area contributed by atoms with Crippen molar-refractivity contribution in [2.75, 3.05) is 20.0 Å². The molecule has 0 aliphatic carbocycles. The Morgan fingerprint density at radius 2 is 1.64 bits per heavy atom. The summed E-state index contributed by atoms with van der Waals surface area (Å²) in [6, 6.07) is 14.1. The molecule has 0 aliphatic heterocycles. The number of halogens is 1. The van der Waals surface area contributed by atoms with Crippen molar-refractivity contribution in [3.63, 3.8) is 0 Å². The van der Waals surface area contributed by atoms with Crippen LogP contribution in [0.25, 0.3) is 11.3 Å². The van der Waals surface area contributed by atoms with E-state index in [9.17, 15) is 4.79 Å². The third kappa shape index (κ3) is 3.39. The fourth-order valence-electron chi connectivity index (χ4n) is 2.45. The van der Waals surface area contributed by atoms with Crippen molar-refractivity contribution in [2.24, 2.45) is 0 Å². The van der Waals surface area contributed by atoms with Crippen LogP contribution in [0.3, 0.4) is 0 Å². The molecule has 0 atom stereocenters. The van der Waals surface area contributed by atoms with Crippen LogP contribution in [-0.2, 0) is 0 Å². The van der Waals surface area contributed by atoms with Crippen LogP contribution in [0.4, 0.5) is 5.69 Å². The highest BCUT2D eigenvalue weighted by molar-refractivity contribution is 9.10. The summed E-state index contributed by atoms with van der Waals surface area (Å²) in [5, 5.41) is 0. The minimum Gasteiger partial charge on any atom is -0.493 e. The minimum atomic E-state index is -0.318. The number of hydrogen-bond acceptors (Lipinski definition) is 5. The van der Waals surface area contributed by atoms with Gasteiger partial charge < -0.3 is 19.6 Å². The molecule has 0 unspecified atom stereocenters. The molecule has 0 aliphatic rings. The summed E-state index contributed by atoms with van der Waals surface area (Å²) in [7, 11) is 3.01. The van der Waals surface area contributed by atoms with Gasteiger partial charge in [0, 0.05) is 21.8 Å². The summed E-state index contributed by atoms with van der Waals surface area (Å²) in [4.78, 5) is 12.8. The van der Waals surface area contributed by atoms with Crippen molar-refractivity contribution >= 4 is 27.4 Å². The molecule has 0 saturated heterocycles. The molecule has 128 valence electrons. The molecular weight excluding hydrogens is 386 g/mol. The lowest BCUT2D eigenvalue weighted by atomic mass is 10.1. The van der Waals surface area contributed by atoms with E-state index >= 15 is 0 Å². The van der Waals surface area contributed by atoms with Gasteiger partial charge in [0.2, 0.25) is 5.78 Å². The number of nitrogens with two attached hydrogens (primary N) is 1. The Morgan fingerprint density at radius 1 is 1.00 bits per heavy atom. The number of ether oxygens (including phenoxy) is 2. The summed E-state index contributed by atoms with van der Waals surface area (Å²) in [6.07, 6.45) is 0. The monoisotopic (exact) mass is 401 g/mol. The lowest BCUT2D eigenvalue weighted by molar-refractivity contribution is 0.101. The Hall–Kier alpha value is -2.73. The molecule has 25 heavy (non-hydrogen) atoms. The van der Waals surface area contributed by atoms with Crippen molar-refractivity contribution in [3.05, 3.63) is 64.3 Å². The molecule has 2 aromatic carbocycles. The van der Waals surface area contributed by atoms with Crippen LogP contribution in [0.15, 0.2) is 57.4 Å². The first-order chi connectivity index (χ1) is 12.0. The van der Waals surface area contributed by atoms with Crippen molar-refractivity contribution in [1.82, 2.24) is 0 Å². The van der Waals surface area contributed by atoms with Crippen LogP contribution in [0, 0.1) is 0 Å². The highest BCUT2D eigenvalue weighted by atomic mass is 79.9. The third-order valence-electron chi connectivity index (χ3n) is 3.76. The van der Waals surface area contributed by atoms with Gasteiger partial charge in [0.15, 0.2) is 17.3 Å². The van der Waals surface area contributed by atoms with Crippen molar-refractivity contribution in [2.45, 2.75) is 0 Å². The van der Waals surface area contributed by atoms with E-state index in [2.05, 4.69) is 15.9 Å². The third-order valence-corrected chi connectivity index (χ3v) is 4.29. The van der Waals surface area contributed by atoms with E-state index in [1.807, 2.05) is 24.3 Å². The first-order valence-electron chi connectivity index (χ1n) is 7.45. The molecule has 3 aromatic rings. The minimum absolute atomic E-state index is 0.205. The molecule has 0 fully saturated rings. The molecule has 1 aromatic heterocycles. The number of carbonyl (C=O) groups excluding carboxylic acids is 1. The number of benzene rings is 2. The maximum Gasteiger partial charge on any atom is 0.230 e. The molecule has 6 heteroatoms. The molecule has 1 heterocycles. The zero-order valence-corrected chi connectivity index (χ0v) is 15.3. The number of carbonyl (C=O) groups is 1. The molecule has 0 radical (unpaired) electrons. The average molecular weight is 402 g/mol. The van der Waals surface area contributed by atoms with Gasteiger partial charge >= 0.3 is 0 Å². The first-order valence-corrected chi connectivity index (χ1v) is 8.24. The van der Waals surface area contributed by atoms with Gasteiger partial charge in [-0.2, -0.15) is 0 Å². The van der Waals surface area contributed by atoms with Crippen molar-refractivity contribution < 1.29 is 18.7 Å². The summed E-state index contributed by atoms with van der Waals surface area (Å²) < 4.78 is 17.1. The van der Waals surface area contributed by atoms with Gasteiger partial charge in [-0.15, -0.1) is 0 Å². The zero-order chi connectivity index (χ0) is 18.0. The van der Waals surface area contributed by atoms with Gasteiger partial charge in [-0.25, -0.2) is 0 Å². The number of methoxy groups -OCH3 is 2. The number of nitrogen functional groups attached to an aromatic ring is 1. The maximum absolute atomic E-state index is 12.8. The Labute approximate surface area is 153 Å². The number of ketones is 1. The Bertz CT molecular complexity index is 916. The Balaban J connectivity index is 1.95. The van der Waals surface area contributed by atoms with E-state index in [-0.39, 0.29) is 11.5 Å². The molecule has 2 N–H and O–H groups in total. The summed E-state index contributed by atoms with van der Waals surface area (Å²) in [6.45, 7) is 0. The number of hydrogen-bond donors (Lipinski definition) is 1. The summed E-state index contributed by atoms with van der Waals surface area (Å²) in [5.74, 6) is 1.39.